The summed E-state index contributed by atoms with van der Waals surface area (Å²) in [7, 11) is -3.19. The van der Waals surface area contributed by atoms with E-state index in [2.05, 4.69) is 5.32 Å². The molecule has 0 unspecified atom stereocenters. The minimum Gasteiger partial charge on any atom is -0.352 e. The second-order valence-electron chi connectivity index (χ2n) is 5.69. The molecule has 1 aliphatic heterocycles. The summed E-state index contributed by atoms with van der Waals surface area (Å²) in [5, 5.41) is 3.68. The van der Waals surface area contributed by atoms with Crippen molar-refractivity contribution >= 4 is 27.3 Å². The number of carbonyl (C=O) groups excluding carboxylic acids is 2. The van der Waals surface area contributed by atoms with Crippen molar-refractivity contribution in [3.8, 4) is 0 Å². The minimum absolute atomic E-state index is 0.0827. The van der Waals surface area contributed by atoms with Crippen LogP contribution in [0.2, 0.25) is 0 Å². The van der Waals surface area contributed by atoms with Crippen LogP contribution in [0.3, 0.4) is 0 Å². The maximum absolute atomic E-state index is 12.1. The van der Waals surface area contributed by atoms with Crippen LogP contribution in [0.1, 0.15) is 12.0 Å². The number of rotatable bonds is 5. The lowest BCUT2D eigenvalue weighted by Crippen LogP contribution is -2.33. The van der Waals surface area contributed by atoms with Gasteiger partial charge in [0.2, 0.25) is 11.8 Å². The topological polar surface area (TPSA) is 83.6 Å². The van der Waals surface area contributed by atoms with E-state index in [1.54, 1.807) is 4.90 Å². The van der Waals surface area contributed by atoms with Crippen LogP contribution in [-0.4, -0.2) is 39.6 Å². The highest BCUT2D eigenvalue weighted by molar-refractivity contribution is 7.93. The molecular weight excluding hydrogens is 316 g/mol. The Morgan fingerprint density at radius 1 is 1.35 bits per heavy atom. The standard InChI is InChI=1S/C16H20N2O4S/c1-12-4-6-14(7-5-12)18-11-13(10-15(18)19)16(20)17-8-3-9-23(2,21)22/h3-7,9,13H,8,10-11H2,1-2H3,(H,17,20)/b9-3+/t13-/m0/s1. The molecule has 1 saturated heterocycles. The van der Waals surface area contributed by atoms with Gasteiger partial charge in [-0.05, 0) is 19.1 Å². The normalized spacial score (nSPS) is 18.6. The summed E-state index contributed by atoms with van der Waals surface area (Å²) >= 11 is 0. The van der Waals surface area contributed by atoms with Crippen molar-refractivity contribution in [2.75, 3.05) is 24.2 Å². The smallest absolute Gasteiger partial charge is 0.227 e. The van der Waals surface area contributed by atoms with Gasteiger partial charge in [0, 0.05) is 36.9 Å². The first-order valence-electron chi connectivity index (χ1n) is 7.27. The summed E-state index contributed by atoms with van der Waals surface area (Å²) in [6, 6.07) is 7.57. The molecule has 0 aromatic heterocycles. The lowest BCUT2D eigenvalue weighted by atomic mass is 10.1. The first kappa shape index (κ1) is 17.2. The van der Waals surface area contributed by atoms with Crippen LogP contribution in [0.15, 0.2) is 35.7 Å². The van der Waals surface area contributed by atoms with Gasteiger partial charge in [-0.2, -0.15) is 0 Å². The van der Waals surface area contributed by atoms with Crippen LogP contribution < -0.4 is 10.2 Å². The predicted octanol–water partition coefficient (Wildman–Crippen LogP) is 1.02. The second kappa shape index (κ2) is 6.95. The third kappa shape index (κ3) is 4.92. The van der Waals surface area contributed by atoms with Crippen LogP contribution in [0.4, 0.5) is 5.69 Å². The Morgan fingerprint density at radius 3 is 2.61 bits per heavy atom. The third-order valence-corrected chi connectivity index (χ3v) is 4.27. The van der Waals surface area contributed by atoms with Crippen LogP contribution >= 0.6 is 0 Å². The van der Waals surface area contributed by atoms with Crippen LogP contribution in [-0.2, 0) is 19.4 Å². The first-order chi connectivity index (χ1) is 10.8. The van der Waals surface area contributed by atoms with E-state index >= 15 is 0 Å². The Morgan fingerprint density at radius 2 is 2.00 bits per heavy atom. The van der Waals surface area contributed by atoms with Gasteiger partial charge in [-0.1, -0.05) is 23.8 Å². The highest BCUT2D eigenvalue weighted by Crippen LogP contribution is 2.25. The quantitative estimate of drug-likeness (QED) is 0.870. The van der Waals surface area contributed by atoms with Gasteiger partial charge in [0.05, 0.1) is 5.92 Å². The van der Waals surface area contributed by atoms with Crippen molar-refractivity contribution in [1.82, 2.24) is 5.32 Å². The summed E-state index contributed by atoms with van der Waals surface area (Å²) in [5.41, 5.74) is 1.89. The summed E-state index contributed by atoms with van der Waals surface area (Å²) in [5.74, 6) is -0.748. The monoisotopic (exact) mass is 336 g/mol. The van der Waals surface area contributed by atoms with Gasteiger partial charge in [-0.3, -0.25) is 9.59 Å². The van der Waals surface area contributed by atoms with Crippen molar-refractivity contribution in [2.24, 2.45) is 5.92 Å². The number of sulfone groups is 1. The molecule has 1 aliphatic rings. The Hall–Kier alpha value is -2.15. The molecule has 124 valence electrons. The van der Waals surface area contributed by atoms with E-state index in [4.69, 9.17) is 0 Å². The maximum Gasteiger partial charge on any atom is 0.227 e. The second-order valence-corrected chi connectivity index (χ2v) is 7.62. The van der Waals surface area contributed by atoms with Crippen molar-refractivity contribution in [1.29, 1.82) is 0 Å². The molecule has 7 heteroatoms. The molecule has 2 amide bonds. The molecule has 1 heterocycles. The van der Waals surface area contributed by atoms with E-state index in [9.17, 15) is 18.0 Å². The van der Waals surface area contributed by atoms with Gasteiger partial charge in [-0.25, -0.2) is 8.42 Å². The molecule has 0 bridgehead atoms. The van der Waals surface area contributed by atoms with Gasteiger partial charge in [0.15, 0.2) is 9.84 Å². The van der Waals surface area contributed by atoms with Crippen molar-refractivity contribution in [2.45, 2.75) is 13.3 Å². The number of hydrogen-bond donors (Lipinski definition) is 1. The SMILES string of the molecule is Cc1ccc(N2C[C@@H](C(=O)NC/C=C/S(C)(=O)=O)CC2=O)cc1. The molecule has 0 spiro atoms. The van der Waals surface area contributed by atoms with Crippen molar-refractivity contribution in [3.63, 3.8) is 0 Å². The first-order valence-corrected chi connectivity index (χ1v) is 9.23. The lowest BCUT2D eigenvalue weighted by molar-refractivity contribution is -0.126. The van der Waals surface area contributed by atoms with E-state index < -0.39 is 15.8 Å². The molecular formula is C16H20N2O4S. The lowest BCUT2D eigenvalue weighted by Gasteiger charge is -2.16. The van der Waals surface area contributed by atoms with E-state index in [1.807, 2.05) is 31.2 Å². The molecule has 0 radical (unpaired) electrons. The van der Waals surface area contributed by atoms with E-state index in [0.717, 1.165) is 22.9 Å². The fourth-order valence-corrected chi connectivity index (χ4v) is 2.83. The zero-order valence-corrected chi connectivity index (χ0v) is 14.0. The number of benzene rings is 1. The predicted molar refractivity (Wildman–Crippen MR) is 88.6 cm³/mol. The van der Waals surface area contributed by atoms with Gasteiger partial charge in [-0.15, -0.1) is 0 Å². The highest BCUT2D eigenvalue weighted by Gasteiger charge is 2.34. The summed E-state index contributed by atoms with van der Waals surface area (Å²) in [6.07, 6.45) is 2.62. The van der Waals surface area contributed by atoms with Gasteiger partial charge in [0.1, 0.15) is 0 Å². The molecule has 0 saturated carbocycles. The Kier molecular flexibility index (Phi) is 5.20. The average Bonchev–Trinajstić information content (AvgIpc) is 2.85. The number of hydrogen-bond acceptors (Lipinski definition) is 4. The molecule has 2 rings (SSSR count). The Balaban J connectivity index is 1.93. The summed E-state index contributed by atoms with van der Waals surface area (Å²) < 4.78 is 21.9. The number of nitrogens with one attached hydrogen (secondary N) is 1. The number of carbonyl (C=O) groups is 2. The molecule has 1 fully saturated rings. The largest absolute Gasteiger partial charge is 0.352 e. The molecule has 1 N–H and O–H groups in total. The Labute approximate surface area is 136 Å². The number of amides is 2. The summed E-state index contributed by atoms with van der Waals surface area (Å²) in [6.45, 7) is 2.43. The van der Waals surface area contributed by atoms with E-state index in [0.29, 0.717) is 6.54 Å². The molecule has 0 aliphatic carbocycles. The molecule has 1 atom stereocenters. The zero-order chi connectivity index (χ0) is 17.0. The van der Waals surface area contributed by atoms with Crippen molar-refractivity contribution < 1.29 is 18.0 Å². The fourth-order valence-electron chi connectivity index (χ4n) is 2.38. The molecule has 23 heavy (non-hydrogen) atoms. The number of nitrogens with zero attached hydrogens (tertiary/aromatic N) is 1. The molecule has 1 aromatic rings. The number of aryl methyl sites for hydroxylation is 1. The van der Waals surface area contributed by atoms with Gasteiger partial charge >= 0.3 is 0 Å². The zero-order valence-electron chi connectivity index (χ0n) is 13.2. The van der Waals surface area contributed by atoms with Gasteiger partial charge < -0.3 is 10.2 Å². The van der Waals surface area contributed by atoms with Crippen LogP contribution in [0.25, 0.3) is 0 Å². The summed E-state index contributed by atoms with van der Waals surface area (Å²) in [4.78, 5) is 25.8. The Bertz CT molecular complexity index is 723. The van der Waals surface area contributed by atoms with E-state index in [-0.39, 0.29) is 24.8 Å². The third-order valence-electron chi connectivity index (χ3n) is 3.58. The fraction of sp³-hybridized carbons (Fsp3) is 0.375. The molecule has 1 aromatic carbocycles. The van der Waals surface area contributed by atoms with Crippen LogP contribution in [0.5, 0.6) is 0 Å². The van der Waals surface area contributed by atoms with Crippen molar-refractivity contribution in [3.05, 3.63) is 41.3 Å². The van der Waals surface area contributed by atoms with E-state index in [1.165, 1.54) is 6.08 Å². The van der Waals surface area contributed by atoms with Gasteiger partial charge in [0.25, 0.3) is 0 Å². The minimum atomic E-state index is -3.19. The maximum atomic E-state index is 12.1. The highest BCUT2D eigenvalue weighted by atomic mass is 32.2. The average molecular weight is 336 g/mol. The molecule has 6 nitrogen and oxygen atoms in total. The van der Waals surface area contributed by atoms with Crippen LogP contribution in [0, 0.1) is 12.8 Å². The number of anilines is 1.